The lowest BCUT2D eigenvalue weighted by atomic mass is 10.3. The van der Waals surface area contributed by atoms with Crippen molar-refractivity contribution >= 4 is 22.7 Å². The van der Waals surface area contributed by atoms with Crippen LogP contribution < -0.4 is 5.32 Å². The fourth-order valence-electron chi connectivity index (χ4n) is 1.26. The summed E-state index contributed by atoms with van der Waals surface area (Å²) in [6.07, 6.45) is 1.33. The van der Waals surface area contributed by atoms with E-state index in [0.717, 1.165) is 0 Å². The van der Waals surface area contributed by atoms with Gasteiger partial charge in [0, 0.05) is 24.8 Å². The van der Waals surface area contributed by atoms with E-state index in [4.69, 9.17) is 5.11 Å². The number of nitrogens with one attached hydrogen (secondary N) is 1. The van der Waals surface area contributed by atoms with Crippen molar-refractivity contribution < 1.29 is 18.9 Å². The average Bonchev–Trinajstić information content (AvgIpc) is 2.62. The lowest BCUT2D eigenvalue weighted by Gasteiger charge is -2.12. The molecular weight excluding hydrogens is 260 g/mol. The van der Waals surface area contributed by atoms with Crippen molar-refractivity contribution in [3.05, 3.63) is 12.2 Å². The molecule has 8 nitrogen and oxygen atoms in total. The van der Waals surface area contributed by atoms with Gasteiger partial charge >= 0.3 is 5.97 Å². The van der Waals surface area contributed by atoms with Gasteiger partial charge in [-0.2, -0.15) is 5.10 Å². The zero-order chi connectivity index (χ0) is 13.7. The molecule has 0 fully saturated rings. The maximum Gasteiger partial charge on any atom is 0.327 e. The highest BCUT2D eigenvalue weighted by Crippen LogP contribution is 2.00. The zero-order valence-corrected chi connectivity index (χ0v) is 10.8. The molecule has 1 heterocycles. The number of carboxylic acid groups (broad SMARTS) is 1. The number of amides is 1. The van der Waals surface area contributed by atoms with E-state index in [1.54, 1.807) is 7.05 Å². The Morgan fingerprint density at radius 1 is 1.61 bits per heavy atom. The van der Waals surface area contributed by atoms with E-state index in [9.17, 15) is 13.8 Å². The quantitative estimate of drug-likeness (QED) is 0.663. The summed E-state index contributed by atoms with van der Waals surface area (Å²) in [5.41, 5.74) is 0. The molecule has 1 amide bonds. The summed E-state index contributed by atoms with van der Waals surface area (Å²) in [6, 6.07) is -1.16. The van der Waals surface area contributed by atoms with Crippen LogP contribution in [0.5, 0.6) is 0 Å². The van der Waals surface area contributed by atoms with Crippen LogP contribution in [-0.4, -0.2) is 47.8 Å². The van der Waals surface area contributed by atoms with Crippen molar-refractivity contribution in [1.82, 2.24) is 20.1 Å². The predicted molar refractivity (Wildman–Crippen MR) is 63.0 cm³/mol. The predicted octanol–water partition coefficient (Wildman–Crippen LogP) is -1.35. The van der Waals surface area contributed by atoms with Crippen LogP contribution in [0.2, 0.25) is 0 Å². The van der Waals surface area contributed by atoms with Crippen LogP contribution in [0.25, 0.3) is 0 Å². The van der Waals surface area contributed by atoms with Crippen LogP contribution in [0.15, 0.2) is 6.33 Å². The number of aryl methyl sites for hydroxylation is 1. The second kappa shape index (κ2) is 6.24. The van der Waals surface area contributed by atoms with Gasteiger partial charge in [-0.3, -0.25) is 13.7 Å². The molecule has 0 aromatic carbocycles. The molecule has 0 bridgehead atoms. The largest absolute Gasteiger partial charge is 0.480 e. The highest BCUT2D eigenvalue weighted by atomic mass is 32.2. The first kappa shape index (κ1) is 14.3. The minimum Gasteiger partial charge on any atom is -0.480 e. The topological polar surface area (TPSA) is 114 Å². The molecule has 0 aliphatic rings. The third kappa shape index (κ3) is 4.24. The normalized spacial score (nSPS) is 13.9. The van der Waals surface area contributed by atoms with E-state index < -0.39 is 28.7 Å². The molecule has 1 aromatic heterocycles. The third-order valence-electron chi connectivity index (χ3n) is 2.12. The smallest absolute Gasteiger partial charge is 0.327 e. The summed E-state index contributed by atoms with van der Waals surface area (Å²) >= 11 is 0. The van der Waals surface area contributed by atoms with Crippen molar-refractivity contribution in [2.24, 2.45) is 7.05 Å². The monoisotopic (exact) mass is 274 g/mol. The average molecular weight is 274 g/mol. The summed E-state index contributed by atoms with van der Waals surface area (Å²) in [5, 5.41) is 14.9. The number of nitrogens with zero attached hydrogens (tertiary/aromatic N) is 3. The Hall–Kier alpha value is -1.77. The van der Waals surface area contributed by atoms with E-state index in [2.05, 4.69) is 15.4 Å². The van der Waals surface area contributed by atoms with E-state index in [0.29, 0.717) is 5.82 Å². The number of carbonyl (C=O) groups excluding carboxylic acids is 1. The Morgan fingerprint density at radius 3 is 2.72 bits per heavy atom. The van der Waals surface area contributed by atoms with E-state index in [-0.39, 0.29) is 11.5 Å². The van der Waals surface area contributed by atoms with Gasteiger partial charge in [0.05, 0.1) is 11.5 Å². The number of aromatic nitrogens is 3. The lowest BCUT2D eigenvalue weighted by Crippen LogP contribution is -2.43. The summed E-state index contributed by atoms with van der Waals surface area (Å²) in [6.45, 7) is 1.21. The van der Waals surface area contributed by atoms with Crippen LogP contribution in [-0.2, 0) is 33.2 Å². The number of carbonyl (C=O) groups is 2. The molecular formula is C9H14N4O4S. The Morgan fingerprint density at radius 2 is 2.28 bits per heavy atom. The van der Waals surface area contributed by atoms with Crippen molar-refractivity contribution in [3.63, 3.8) is 0 Å². The number of aliphatic carboxylic acids is 1. The maximum atomic E-state index is 11.8. The van der Waals surface area contributed by atoms with Gasteiger partial charge < -0.3 is 10.4 Å². The molecule has 1 rings (SSSR count). The maximum absolute atomic E-state index is 11.8. The van der Waals surface area contributed by atoms with Gasteiger partial charge in [-0.1, -0.05) is 0 Å². The Balaban J connectivity index is 2.59. The van der Waals surface area contributed by atoms with Gasteiger partial charge in [0.1, 0.15) is 18.2 Å². The van der Waals surface area contributed by atoms with Gasteiger partial charge in [-0.15, -0.1) is 0 Å². The van der Waals surface area contributed by atoms with Crippen LogP contribution in [0.1, 0.15) is 12.7 Å². The minimum atomic E-state index is -1.45. The molecule has 0 aliphatic heterocycles. The fourth-order valence-corrected chi connectivity index (χ4v) is 2.52. The van der Waals surface area contributed by atoms with E-state index in [1.165, 1.54) is 17.9 Å². The second-order valence-electron chi connectivity index (χ2n) is 3.64. The number of carboxylic acids is 1. The van der Waals surface area contributed by atoms with Gasteiger partial charge in [0.15, 0.2) is 0 Å². The molecule has 1 unspecified atom stereocenters. The molecule has 2 N–H and O–H groups in total. The molecule has 0 saturated heterocycles. The molecule has 0 radical (unpaired) electrons. The van der Waals surface area contributed by atoms with E-state index >= 15 is 0 Å². The molecule has 18 heavy (non-hydrogen) atoms. The van der Waals surface area contributed by atoms with Crippen molar-refractivity contribution in [2.45, 2.75) is 18.7 Å². The Bertz CT molecular complexity index is 473. The molecule has 1 aromatic rings. The second-order valence-corrected chi connectivity index (χ2v) is 5.14. The van der Waals surface area contributed by atoms with Crippen LogP contribution >= 0.6 is 0 Å². The molecule has 100 valence electrons. The summed E-state index contributed by atoms with van der Waals surface area (Å²) in [5.74, 6) is -1.25. The highest BCUT2D eigenvalue weighted by molar-refractivity contribution is 7.84. The third-order valence-corrected chi connectivity index (χ3v) is 3.41. The van der Waals surface area contributed by atoms with Crippen LogP contribution in [0, 0.1) is 0 Å². The first-order valence-corrected chi connectivity index (χ1v) is 6.56. The van der Waals surface area contributed by atoms with Crippen LogP contribution in [0.4, 0.5) is 0 Å². The summed E-state index contributed by atoms with van der Waals surface area (Å²) in [7, 11) is 0.209. The zero-order valence-electron chi connectivity index (χ0n) is 9.99. The highest BCUT2D eigenvalue weighted by Gasteiger charge is 2.22. The van der Waals surface area contributed by atoms with Gasteiger partial charge in [0.25, 0.3) is 0 Å². The van der Waals surface area contributed by atoms with Crippen molar-refractivity contribution in [1.29, 1.82) is 0 Å². The summed E-state index contributed by atoms with van der Waals surface area (Å²) in [4.78, 5) is 25.6. The molecule has 9 heteroatoms. The number of rotatable bonds is 6. The first-order chi connectivity index (χ1) is 8.40. The molecule has 2 atom stereocenters. The van der Waals surface area contributed by atoms with Gasteiger partial charge in [-0.25, -0.2) is 9.78 Å². The van der Waals surface area contributed by atoms with Crippen molar-refractivity contribution in [3.8, 4) is 0 Å². The molecule has 0 saturated carbocycles. The first-order valence-electron chi connectivity index (χ1n) is 5.08. The number of hydrogen-bond donors (Lipinski definition) is 2. The van der Waals surface area contributed by atoms with Gasteiger partial charge in [-0.05, 0) is 0 Å². The SMILES string of the molecule is CC(=O)N[C@@H](CS(=O)Cc1ncnn1C)C(=O)O. The molecule has 0 spiro atoms. The lowest BCUT2D eigenvalue weighted by molar-refractivity contribution is -0.140. The van der Waals surface area contributed by atoms with Gasteiger partial charge in [0.2, 0.25) is 5.91 Å². The Labute approximate surface area is 106 Å². The standard InChI is InChI=1S/C9H14N4O4S/c1-6(14)12-7(9(15)16)3-18(17)4-8-10-5-11-13(8)2/h5,7H,3-4H2,1-2H3,(H,12,14)(H,15,16)/t7-,18?/m0/s1. The van der Waals surface area contributed by atoms with Crippen LogP contribution in [0.3, 0.4) is 0 Å². The Kier molecular flexibility index (Phi) is 4.95. The molecule has 0 aliphatic carbocycles. The fraction of sp³-hybridized carbons (Fsp3) is 0.556. The minimum absolute atomic E-state index is 0.0971. The summed E-state index contributed by atoms with van der Waals surface area (Å²) < 4.78 is 13.2. The van der Waals surface area contributed by atoms with E-state index in [1.807, 2.05) is 0 Å². The number of hydrogen-bond acceptors (Lipinski definition) is 5. The van der Waals surface area contributed by atoms with Crippen molar-refractivity contribution in [2.75, 3.05) is 5.75 Å².